The van der Waals surface area contributed by atoms with Gasteiger partial charge in [-0.05, 0) is 38.5 Å². The van der Waals surface area contributed by atoms with E-state index in [-0.39, 0.29) is 6.61 Å². The monoisotopic (exact) mass is 400 g/mol. The molecule has 29 heavy (non-hydrogen) atoms. The van der Waals surface area contributed by atoms with Crippen LogP contribution in [-0.2, 0) is 20.9 Å². The van der Waals surface area contributed by atoms with Crippen molar-refractivity contribution in [2.75, 3.05) is 19.0 Å². The fraction of sp³-hybridized carbons (Fsp3) is 0.364. The molecule has 2 aromatic carbocycles. The second kappa shape index (κ2) is 10.5. The van der Waals surface area contributed by atoms with Gasteiger partial charge in [0.15, 0.2) is 0 Å². The topological polar surface area (TPSA) is 85.9 Å². The number of alkyl carbamates (subject to hydrolysis) is 1. The van der Waals surface area contributed by atoms with Crippen LogP contribution < -0.4 is 15.4 Å². The van der Waals surface area contributed by atoms with Crippen LogP contribution in [0.1, 0.15) is 26.3 Å². The predicted molar refractivity (Wildman–Crippen MR) is 111 cm³/mol. The number of carbonyl (C=O) groups excluding carboxylic acids is 2. The Bertz CT molecular complexity index is 802. The third-order valence-electron chi connectivity index (χ3n) is 3.74. The Hall–Kier alpha value is -3.06. The van der Waals surface area contributed by atoms with Gasteiger partial charge in [-0.25, -0.2) is 4.79 Å². The summed E-state index contributed by atoms with van der Waals surface area (Å²) in [7, 11) is 1.55. The van der Waals surface area contributed by atoms with Gasteiger partial charge in [-0.3, -0.25) is 4.79 Å². The lowest BCUT2D eigenvalue weighted by atomic mass is 10.2. The Labute approximate surface area is 171 Å². The zero-order chi connectivity index (χ0) is 21.3. The van der Waals surface area contributed by atoms with Crippen molar-refractivity contribution < 1.29 is 23.8 Å². The zero-order valence-electron chi connectivity index (χ0n) is 17.2. The summed E-state index contributed by atoms with van der Waals surface area (Å²) < 4.78 is 16.1. The summed E-state index contributed by atoms with van der Waals surface area (Å²) in [6, 6.07) is 15.6. The lowest BCUT2D eigenvalue weighted by molar-refractivity contribution is -0.119. The van der Waals surface area contributed by atoms with E-state index in [1.165, 1.54) is 0 Å². The van der Waals surface area contributed by atoms with Crippen LogP contribution in [0.3, 0.4) is 0 Å². The van der Waals surface area contributed by atoms with E-state index in [0.29, 0.717) is 18.0 Å². The van der Waals surface area contributed by atoms with Crippen LogP contribution in [0.15, 0.2) is 54.6 Å². The summed E-state index contributed by atoms with van der Waals surface area (Å²) >= 11 is 0. The number of benzene rings is 2. The molecule has 0 heterocycles. The average Bonchev–Trinajstić information content (AvgIpc) is 2.66. The molecule has 0 aromatic heterocycles. The summed E-state index contributed by atoms with van der Waals surface area (Å²) in [5.41, 5.74) is 0.841. The van der Waals surface area contributed by atoms with Crippen molar-refractivity contribution in [3.8, 4) is 5.75 Å². The van der Waals surface area contributed by atoms with Crippen LogP contribution >= 0.6 is 0 Å². The minimum absolute atomic E-state index is 0.00998. The number of carbonyl (C=O) groups is 2. The summed E-state index contributed by atoms with van der Waals surface area (Å²) in [6.45, 7) is 5.57. The highest BCUT2D eigenvalue weighted by atomic mass is 16.6. The highest BCUT2D eigenvalue weighted by Gasteiger charge is 2.25. The first-order valence-corrected chi connectivity index (χ1v) is 9.33. The van der Waals surface area contributed by atoms with Gasteiger partial charge in [-0.15, -0.1) is 0 Å². The molecule has 0 saturated heterocycles. The molecule has 7 heteroatoms. The van der Waals surface area contributed by atoms with Gasteiger partial charge in [0, 0.05) is 11.8 Å². The number of amides is 2. The molecular weight excluding hydrogens is 372 g/mol. The third kappa shape index (κ3) is 8.23. The van der Waals surface area contributed by atoms with Crippen molar-refractivity contribution in [1.82, 2.24) is 5.32 Å². The number of ether oxygens (including phenoxy) is 3. The molecule has 0 spiro atoms. The molecule has 7 nitrogen and oxygen atoms in total. The second-order valence-corrected chi connectivity index (χ2v) is 7.42. The highest BCUT2D eigenvalue weighted by molar-refractivity contribution is 5.96. The number of methoxy groups -OCH3 is 1. The second-order valence-electron chi connectivity index (χ2n) is 7.42. The third-order valence-corrected chi connectivity index (χ3v) is 3.74. The largest absolute Gasteiger partial charge is 0.497 e. The molecule has 0 radical (unpaired) electrons. The molecule has 2 aromatic rings. The van der Waals surface area contributed by atoms with Gasteiger partial charge in [0.1, 0.15) is 17.4 Å². The van der Waals surface area contributed by atoms with E-state index in [2.05, 4.69) is 10.6 Å². The standard InChI is InChI=1S/C22H28N2O5/c1-22(2,3)29-21(26)24-19(15-28-14-16-9-6-5-7-10-16)20(25)23-17-11-8-12-18(13-17)27-4/h5-13,19H,14-15H2,1-4H3,(H,23,25)(H,24,26). The highest BCUT2D eigenvalue weighted by Crippen LogP contribution is 2.17. The van der Waals surface area contributed by atoms with E-state index in [4.69, 9.17) is 14.2 Å². The van der Waals surface area contributed by atoms with Crippen molar-refractivity contribution in [1.29, 1.82) is 0 Å². The molecule has 0 fully saturated rings. The van der Waals surface area contributed by atoms with Crippen LogP contribution in [0.5, 0.6) is 5.75 Å². The molecule has 1 atom stereocenters. The van der Waals surface area contributed by atoms with Gasteiger partial charge in [0.2, 0.25) is 5.91 Å². The molecule has 2 rings (SSSR count). The Balaban J connectivity index is 2.03. The number of hydrogen-bond acceptors (Lipinski definition) is 5. The Morgan fingerprint density at radius 3 is 2.41 bits per heavy atom. The van der Waals surface area contributed by atoms with Crippen molar-refractivity contribution in [2.24, 2.45) is 0 Å². The molecule has 0 saturated carbocycles. The molecule has 2 N–H and O–H groups in total. The van der Waals surface area contributed by atoms with E-state index in [1.54, 1.807) is 52.1 Å². The van der Waals surface area contributed by atoms with Gasteiger partial charge in [0.05, 0.1) is 20.3 Å². The molecular formula is C22H28N2O5. The van der Waals surface area contributed by atoms with Crippen LogP contribution in [0, 0.1) is 0 Å². The fourth-order valence-corrected chi connectivity index (χ4v) is 2.43. The maximum atomic E-state index is 12.8. The quantitative estimate of drug-likeness (QED) is 0.705. The van der Waals surface area contributed by atoms with Crippen molar-refractivity contribution >= 4 is 17.7 Å². The molecule has 0 aliphatic rings. The smallest absolute Gasteiger partial charge is 0.408 e. The Morgan fingerprint density at radius 2 is 1.76 bits per heavy atom. The first kappa shape index (κ1) is 22.2. The summed E-state index contributed by atoms with van der Waals surface area (Å²) in [4.78, 5) is 24.9. The minimum atomic E-state index is -0.931. The van der Waals surface area contributed by atoms with Crippen LogP contribution in [0.2, 0.25) is 0 Å². The summed E-state index contributed by atoms with van der Waals surface area (Å²) in [5, 5.41) is 5.34. The average molecular weight is 400 g/mol. The maximum Gasteiger partial charge on any atom is 0.408 e. The first-order valence-electron chi connectivity index (χ1n) is 9.33. The Morgan fingerprint density at radius 1 is 1.03 bits per heavy atom. The molecule has 156 valence electrons. The summed E-state index contributed by atoms with van der Waals surface area (Å²) in [5.74, 6) is 0.192. The maximum absolute atomic E-state index is 12.8. The van der Waals surface area contributed by atoms with E-state index < -0.39 is 23.6 Å². The molecule has 0 bridgehead atoms. The van der Waals surface area contributed by atoms with Gasteiger partial charge >= 0.3 is 6.09 Å². The fourth-order valence-electron chi connectivity index (χ4n) is 2.43. The van der Waals surface area contributed by atoms with Crippen molar-refractivity contribution in [2.45, 2.75) is 39.0 Å². The van der Waals surface area contributed by atoms with Crippen molar-refractivity contribution in [3.63, 3.8) is 0 Å². The van der Waals surface area contributed by atoms with Gasteiger partial charge in [-0.2, -0.15) is 0 Å². The zero-order valence-corrected chi connectivity index (χ0v) is 17.2. The molecule has 1 unspecified atom stereocenters. The van der Waals surface area contributed by atoms with E-state index in [1.807, 2.05) is 30.3 Å². The van der Waals surface area contributed by atoms with E-state index in [0.717, 1.165) is 5.56 Å². The number of anilines is 1. The summed E-state index contributed by atoms with van der Waals surface area (Å²) in [6.07, 6.45) is -0.688. The van der Waals surface area contributed by atoms with Crippen molar-refractivity contribution in [3.05, 3.63) is 60.2 Å². The van der Waals surface area contributed by atoms with Crippen LogP contribution in [0.4, 0.5) is 10.5 Å². The number of rotatable bonds is 8. The van der Waals surface area contributed by atoms with Gasteiger partial charge < -0.3 is 24.8 Å². The lowest BCUT2D eigenvalue weighted by Gasteiger charge is -2.23. The normalized spacial score (nSPS) is 12.0. The van der Waals surface area contributed by atoms with Gasteiger partial charge in [-0.1, -0.05) is 36.4 Å². The predicted octanol–water partition coefficient (Wildman–Crippen LogP) is 3.74. The number of nitrogens with one attached hydrogen (secondary N) is 2. The molecule has 0 aliphatic carbocycles. The van der Waals surface area contributed by atoms with Gasteiger partial charge in [0.25, 0.3) is 0 Å². The van der Waals surface area contributed by atoms with Crippen LogP contribution in [0.25, 0.3) is 0 Å². The molecule has 0 aliphatic heterocycles. The minimum Gasteiger partial charge on any atom is -0.497 e. The first-order chi connectivity index (χ1) is 13.8. The van der Waals surface area contributed by atoms with E-state index in [9.17, 15) is 9.59 Å². The molecule has 2 amide bonds. The van der Waals surface area contributed by atoms with E-state index >= 15 is 0 Å². The number of hydrogen-bond donors (Lipinski definition) is 2. The van der Waals surface area contributed by atoms with Crippen LogP contribution in [-0.4, -0.2) is 37.4 Å². The SMILES string of the molecule is COc1cccc(NC(=O)C(COCc2ccccc2)NC(=O)OC(C)(C)C)c1. The lowest BCUT2D eigenvalue weighted by Crippen LogP contribution is -2.48. The Kier molecular flexibility index (Phi) is 8.03.